The second kappa shape index (κ2) is 9.58. The van der Waals surface area contributed by atoms with Crippen LogP contribution in [-0.2, 0) is 0 Å². The van der Waals surface area contributed by atoms with Crippen LogP contribution >= 0.6 is 0 Å². The SMILES string of the molecule is CC(N=C(N)N=C(N)N)c1ccccc1.N=C(N)NC(=N)N. The Morgan fingerprint density at radius 2 is 1.50 bits per heavy atom. The van der Waals surface area contributed by atoms with E-state index in [9.17, 15) is 0 Å². The predicted octanol–water partition coefficient (Wildman–Crippen LogP) is -1.30. The molecule has 13 N–H and O–H groups in total. The van der Waals surface area contributed by atoms with Crippen molar-refractivity contribution in [1.82, 2.24) is 5.32 Å². The molecule has 0 saturated heterocycles. The highest BCUT2D eigenvalue weighted by Gasteiger charge is 2.02. The number of hydrogen-bond donors (Lipinski definition) is 8. The standard InChI is InChI=1S/C10H15N5.C2H7N5/c1-7(8-5-3-2-4-6-8)14-10(13)15-9(11)12;3-1(4)7-2(5)6/h2-7H,1H3,(H6,11,12,13,14,15);(H7,3,4,5,6,7). The molecule has 0 saturated carbocycles. The molecule has 0 bridgehead atoms. The first-order valence-corrected chi connectivity index (χ1v) is 6.15. The number of nitrogens with zero attached hydrogens (tertiary/aromatic N) is 2. The van der Waals surface area contributed by atoms with E-state index in [4.69, 9.17) is 39.5 Å². The third-order valence-electron chi connectivity index (χ3n) is 2.12. The molecule has 0 aliphatic heterocycles. The second-order valence-electron chi connectivity index (χ2n) is 4.06. The molecule has 0 spiro atoms. The first kappa shape index (κ1) is 18.7. The van der Waals surface area contributed by atoms with Crippen molar-refractivity contribution >= 4 is 23.8 Å². The molecule has 1 aromatic rings. The number of hydrogen-bond acceptors (Lipinski definition) is 3. The van der Waals surface area contributed by atoms with Crippen molar-refractivity contribution in [3.8, 4) is 0 Å². The summed E-state index contributed by atoms with van der Waals surface area (Å²) in [5.74, 6) is -0.622. The summed E-state index contributed by atoms with van der Waals surface area (Å²) >= 11 is 0. The van der Waals surface area contributed by atoms with E-state index in [1.165, 1.54) is 0 Å². The number of aliphatic imine (C=N–C) groups is 2. The number of benzene rings is 1. The monoisotopic (exact) mass is 306 g/mol. The van der Waals surface area contributed by atoms with Gasteiger partial charge in [0.05, 0.1) is 6.04 Å². The summed E-state index contributed by atoms with van der Waals surface area (Å²) in [6.07, 6.45) is 0. The van der Waals surface area contributed by atoms with Crippen LogP contribution in [0.5, 0.6) is 0 Å². The fourth-order valence-electron chi connectivity index (χ4n) is 1.31. The predicted molar refractivity (Wildman–Crippen MR) is 89.3 cm³/mol. The van der Waals surface area contributed by atoms with Gasteiger partial charge in [-0.1, -0.05) is 30.3 Å². The summed E-state index contributed by atoms with van der Waals surface area (Å²) < 4.78 is 0. The Kier molecular flexibility index (Phi) is 8.14. The maximum absolute atomic E-state index is 6.47. The maximum atomic E-state index is 6.47. The Hall–Kier alpha value is -3.30. The highest BCUT2D eigenvalue weighted by molar-refractivity contribution is 5.94. The summed E-state index contributed by atoms with van der Waals surface area (Å²) in [6.45, 7) is 1.92. The summed E-state index contributed by atoms with van der Waals surface area (Å²) in [5.41, 5.74) is 26.4. The lowest BCUT2D eigenvalue weighted by atomic mass is 10.1. The van der Waals surface area contributed by atoms with Gasteiger partial charge in [0.1, 0.15) is 0 Å². The van der Waals surface area contributed by atoms with Crippen LogP contribution in [0.25, 0.3) is 0 Å². The van der Waals surface area contributed by atoms with Crippen LogP contribution in [0.1, 0.15) is 18.5 Å². The average Bonchev–Trinajstić information content (AvgIpc) is 2.37. The van der Waals surface area contributed by atoms with Crippen molar-refractivity contribution in [2.45, 2.75) is 13.0 Å². The van der Waals surface area contributed by atoms with Gasteiger partial charge in [-0.3, -0.25) is 16.1 Å². The van der Waals surface area contributed by atoms with Gasteiger partial charge in [0, 0.05) is 0 Å². The molecule has 0 aromatic heterocycles. The highest BCUT2D eigenvalue weighted by atomic mass is 15.1. The molecule has 1 atom stereocenters. The fraction of sp³-hybridized carbons (Fsp3) is 0.167. The van der Waals surface area contributed by atoms with Gasteiger partial charge in [-0.25, -0.2) is 4.99 Å². The van der Waals surface area contributed by atoms with E-state index in [-0.39, 0.29) is 29.9 Å². The molecule has 120 valence electrons. The first-order valence-electron chi connectivity index (χ1n) is 6.15. The number of nitrogens with two attached hydrogens (primary N) is 5. The van der Waals surface area contributed by atoms with Crippen LogP contribution in [0.4, 0.5) is 0 Å². The highest BCUT2D eigenvalue weighted by Crippen LogP contribution is 2.15. The van der Waals surface area contributed by atoms with Crippen LogP contribution < -0.4 is 34.0 Å². The molecule has 10 heteroatoms. The molecular formula is C12H22N10. The van der Waals surface area contributed by atoms with Gasteiger partial charge in [-0.2, -0.15) is 4.99 Å². The van der Waals surface area contributed by atoms with Crippen molar-refractivity contribution in [1.29, 1.82) is 10.8 Å². The third-order valence-corrected chi connectivity index (χ3v) is 2.12. The van der Waals surface area contributed by atoms with Gasteiger partial charge < -0.3 is 28.7 Å². The largest absolute Gasteiger partial charge is 0.370 e. The summed E-state index contributed by atoms with van der Waals surface area (Å²) in [5, 5.41) is 15.0. The van der Waals surface area contributed by atoms with E-state index in [0.29, 0.717) is 0 Å². The molecule has 10 nitrogen and oxygen atoms in total. The molecule has 0 radical (unpaired) electrons. The minimum Gasteiger partial charge on any atom is -0.370 e. The van der Waals surface area contributed by atoms with Crippen LogP contribution in [0.15, 0.2) is 40.3 Å². The minimum atomic E-state index is -0.312. The molecule has 22 heavy (non-hydrogen) atoms. The average molecular weight is 306 g/mol. The summed E-state index contributed by atoms with van der Waals surface area (Å²) in [6, 6.07) is 9.71. The Labute approximate surface area is 128 Å². The lowest BCUT2D eigenvalue weighted by Gasteiger charge is -2.06. The van der Waals surface area contributed by atoms with Gasteiger partial charge in [0.25, 0.3) is 0 Å². The molecule has 1 aromatic carbocycles. The summed E-state index contributed by atoms with van der Waals surface area (Å²) in [4.78, 5) is 7.78. The Morgan fingerprint density at radius 1 is 1.00 bits per heavy atom. The maximum Gasteiger partial charge on any atom is 0.219 e. The molecule has 1 unspecified atom stereocenters. The number of nitrogens with one attached hydrogen (secondary N) is 3. The Balaban J connectivity index is 0.000000534. The summed E-state index contributed by atoms with van der Waals surface area (Å²) in [7, 11) is 0. The van der Waals surface area contributed by atoms with Crippen molar-refractivity contribution in [3.63, 3.8) is 0 Å². The molecule has 1 rings (SSSR count). The van der Waals surface area contributed by atoms with Gasteiger partial charge in [-0.05, 0) is 12.5 Å². The van der Waals surface area contributed by atoms with E-state index in [1.54, 1.807) is 0 Å². The molecule has 0 fully saturated rings. The Morgan fingerprint density at radius 3 is 1.86 bits per heavy atom. The molecule has 0 heterocycles. The minimum absolute atomic E-state index is 0.0608. The lowest BCUT2D eigenvalue weighted by molar-refractivity contribution is 0.816. The molecule has 0 aliphatic rings. The quantitative estimate of drug-likeness (QED) is 0.245. The zero-order valence-electron chi connectivity index (χ0n) is 12.2. The zero-order valence-corrected chi connectivity index (χ0v) is 12.2. The smallest absolute Gasteiger partial charge is 0.219 e. The van der Waals surface area contributed by atoms with Crippen LogP contribution in [0.3, 0.4) is 0 Å². The van der Waals surface area contributed by atoms with Crippen LogP contribution in [0.2, 0.25) is 0 Å². The normalized spacial score (nSPS) is 11.4. The van der Waals surface area contributed by atoms with Crippen molar-refractivity contribution in [2.75, 3.05) is 0 Å². The van der Waals surface area contributed by atoms with Gasteiger partial charge in [-0.15, -0.1) is 0 Å². The fourth-order valence-corrected chi connectivity index (χ4v) is 1.31. The number of rotatable bonds is 2. The van der Waals surface area contributed by atoms with Crippen LogP contribution in [-0.4, -0.2) is 23.8 Å². The van der Waals surface area contributed by atoms with Gasteiger partial charge in [0.15, 0.2) is 17.9 Å². The van der Waals surface area contributed by atoms with Crippen molar-refractivity contribution < 1.29 is 0 Å². The van der Waals surface area contributed by atoms with E-state index in [1.807, 2.05) is 42.6 Å². The zero-order chi connectivity index (χ0) is 17.1. The van der Waals surface area contributed by atoms with Gasteiger partial charge in [0.2, 0.25) is 5.96 Å². The van der Waals surface area contributed by atoms with E-state index >= 15 is 0 Å². The van der Waals surface area contributed by atoms with Crippen LogP contribution in [0, 0.1) is 10.8 Å². The molecule has 0 amide bonds. The number of guanidine groups is 4. The van der Waals surface area contributed by atoms with E-state index < -0.39 is 0 Å². The van der Waals surface area contributed by atoms with Gasteiger partial charge >= 0.3 is 0 Å². The molecular weight excluding hydrogens is 284 g/mol. The Bertz CT molecular complexity index is 532. The van der Waals surface area contributed by atoms with Crippen molar-refractivity contribution in [2.24, 2.45) is 38.7 Å². The lowest BCUT2D eigenvalue weighted by Crippen LogP contribution is -2.39. The van der Waals surface area contributed by atoms with Crippen molar-refractivity contribution in [3.05, 3.63) is 35.9 Å². The van der Waals surface area contributed by atoms with E-state index in [2.05, 4.69) is 9.98 Å². The first-order chi connectivity index (χ1) is 10.2. The topological polar surface area (TPSA) is 215 Å². The van der Waals surface area contributed by atoms with E-state index in [0.717, 1.165) is 5.56 Å². The molecule has 0 aliphatic carbocycles. The third kappa shape index (κ3) is 9.61. The second-order valence-corrected chi connectivity index (χ2v) is 4.06.